The summed E-state index contributed by atoms with van der Waals surface area (Å²) >= 11 is 1.59. The SMILES string of the molecule is Cc1ccccc1-c1nc(C(C)C)sc1N. The molecule has 16 heavy (non-hydrogen) atoms. The average molecular weight is 232 g/mol. The molecular formula is C13H16N2S. The van der Waals surface area contributed by atoms with Crippen LogP contribution in [0, 0.1) is 6.92 Å². The maximum absolute atomic E-state index is 6.04. The second-order valence-electron chi connectivity index (χ2n) is 4.23. The molecule has 0 amide bonds. The minimum atomic E-state index is 0.435. The van der Waals surface area contributed by atoms with Gasteiger partial charge in [-0.3, -0.25) is 0 Å². The Hall–Kier alpha value is -1.35. The van der Waals surface area contributed by atoms with Crippen molar-refractivity contribution in [3.05, 3.63) is 34.8 Å². The quantitative estimate of drug-likeness (QED) is 0.854. The number of thiazole rings is 1. The van der Waals surface area contributed by atoms with Gasteiger partial charge in [-0.15, -0.1) is 11.3 Å². The lowest BCUT2D eigenvalue weighted by Crippen LogP contribution is -1.89. The first kappa shape index (κ1) is 11.1. The molecule has 0 saturated heterocycles. The van der Waals surface area contributed by atoms with Gasteiger partial charge < -0.3 is 5.73 Å². The van der Waals surface area contributed by atoms with Crippen LogP contribution >= 0.6 is 11.3 Å². The molecule has 0 bridgehead atoms. The number of anilines is 1. The Balaban J connectivity index is 2.52. The number of benzene rings is 1. The van der Waals surface area contributed by atoms with Crippen molar-refractivity contribution in [2.24, 2.45) is 0 Å². The van der Waals surface area contributed by atoms with Crippen LogP contribution in [0.4, 0.5) is 5.00 Å². The van der Waals surface area contributed by atoms with E-state index >= 15 is 0 Å². The van der Waals surface area contributed by atoms with E-state index in [1.54, 1.807) is 11.3 Å². The van der Waals surface area contributed by atoms with Gasteiger partial charge in [-0.05, 0) is 12.5 Å². The van der Waals surface area contributed by atoms with Crippen molar-refractivity contribution in [2.45, 2.75) is 26.7 Å². The van der Waals surface area contributed by atoms with Gasteiger partial charge in [0.1, 0.15) is 10.7 Å². The molecule has 2 aromatic rings. The molecule has 0 saturated carbocycles. The summed E-state index contributed by atoms with van der Waals surface area (Å²) in [5, 5.41) is 1.92. The van der Waals surface area contributed by atoms with Gasteiger partial charge in [0.2, 0.25) is 0 Å². The van der Waals surface area contributed by atoms with Gasteiger partial charge in [0, 0.05) is 11.5 Å². The zero-order valence-corrected chi connectivity index (χ0v) is 10.6. The molecule has 0 radical (unpaired) electrons. The Kier molecular flexibility index (Phi) is 2.97. The number of rotatable bonds is 2. The fraction of sp³-hybridized carbons (Fsp3) is 0.308. The zero-order chi connectivity index (χ0) is 11.7. The third-order valence-electron chi connectivity index (χ3n) is 2.56. The second-order valence-corrected chi connectivity index (χ2v) is 5.30. The highest BCUT2D eigenvalue weighted by atomic mass is 32.1. The molecule has 0 spiro atoms. The molecule has 2 N–H and O–H groups in total. The predicted molar refractivity (Wildman–Crippen MR) is 70.8 cm³/mol. The number of aromatic nitrogens is 1. The molecule has 0 fully saturated rings. The summed E-state index contributed by atoms with van der Waals surface area (Å²) in [7, 11) is 0. The maximum Gasteiger partial charge on any atom is 0.114 e. The van der Waals surface area contributed by atoms with Gasteiger partial charge in [0.25, 0.3) is 0 Å². The Morgan fingerprint density at radius 1 is 1.25 bits per heavy atom. The molecule has 0 atom stereocenters. The van der Waals surface area contributed by atoms with E-state index in [9.17, 15) is 0 Å². The van der Waals surface area contributed by atoms with E-state index in [0.717, 1.165) is 21.3 Å². The second kappa shape index (κ2) is 4.26. The van der Waals surface area contributed by atoms with Crippen molar-refractivity contribution >= 4 is 16.3 Å². The number of nitrogens with two attached hydrogens (primary N) is 1. The topological polar surface area (TPSA) is 38.9 Å². The number of hydrogen-bond donors (Lipinski definition) is 1. The number of nitrogen functional groups attached to an aromatic ring is 1. The summed E-state index contributed by atoms with van der Waals surface area (Å²) in [6.45, 7) is 6.36. The average Bonchev–Trinajstić information content (AvgIpc) is 2.61. The van der Waals surface area contributed by atoms with Crippen molar-refractivity contribution in [1.82, 2.24) is 4.98 Å². The van der Waals surface area contributed by atoms with Gasteiger partial charge >= 0.3 is 0 Å². The van der Waals surface area contributed by atoms with E-state index in [1.807, 2.05) is 12.1 Å². The third-order valence-corrected chi connectivity index (χ3v) is 3.75. The fourth-order valence-electron chi connectivity index (χ4n) is 1.63. The standard InChI is InChI=1S/C13H16N2S/c1-8(2)13-15-11(12(14)16-13)10-7-5-4-6-9(10)3/h4-8H,14H2,1-3H3. The Morgan fingerprint density at radius 2 is 1.94 bits per heavy atom. The van der Waals surface area contributed by atoms with Crippen LogP contribution in [-0.2, 0) is 0 Å². The third kappa shape index (κ3) is 1.95. The first-order valence-corrected chi connectivity index (χ1v) is 6.23. The van der Waals surface area contributed by atoms with Gasteiger partial charge in [-0.1, -0.05) is 38.1 Å². The molecule has 3 heteroatoms. The summed E-state index contributed by atoms with van der Waals surface area (Å²) in [6.07, 6.45) is 0. The Morgan fingerprint density at radius 3 is 2.50 bits per heavy atom. The molecule has 1 aromatic carbocycles. The molecular weight excluding hydrogens is 216 g/mol. The van der Waals surface area contributed by atoms with Gasteiger partial charge in [0.15, 0.2) is 0 Å². The van der Waals surface area contributed by atoms with E-state index in [4.69, 9.17) is 5.73 Å². The summed E-state index contributed by atoms with van der Waals surface area (Å²) in [5.41, 5.74) is 9.33. The van der Waals surface area contributed by atoms with Crippen LogP contribution in [0.15, 0.2) is 24.3 Å². The monoisotopic (exact) mass is 232 g/mol. The molecule has 0 aliphatic heterocycles. The van der Waals surface area contributed by atoms with E-state index in [1.165, 1.54) is 5.56 Å². The van der Waals surface area contributed by atoms with Crippen molar-refractivity contribution in [1.29, 1.82) is 0 Å². The highest BCUT2D eigenvalue weighted by molar-refractivity contribution is 7.16. The maximum atomic E-state index is 6.04. The fourth-order valence-corrected chi connectivity index (χ4v) is 2.48. The lowest BCUT2D eigenvalue weighted by atomic mass is 10.1. The highest BCUT2D eigenvalue weighted by Crippen LogP contribution is 2.34. The van der Waals surface area contributed by atoms with E-state index in [0.29, 0.717) is 5.92 Å². The highest BCUT2D eigenvalue weighted by Gasteiger charge is 2.13. The van der Waals surface area contributed by atoms with Crippen LogP contribution in [0.1, 0.15) is 30.3 Å². The minimum absolute atomic E-state index is 0.435. The lowest BCUT2D eigenvalue weighted by Gasteiger charge is -2.02. The normalized spacial score (nSPS) is 11.0. The Labute approximate surface area is 100 Å². The molecule has 2 nitrogen and oxygen atoms in total. The van der Waals surface area contributed by atoms with Gasteiger partial charge in [-0.25, -0.2) is 4.98 Å². The predicted octanol–water partition coefficient (Wildman–Crippen LogP) is 3.82. The number of hydrogen-bond acceptors (Lipinski definition) is 3. The van der Waals surface area contributed by atoms with Crippen LogP contribution in [-0.4, -0.2) is 4.98 Å². The molecule has 84 valence electrons. The van der Waals surface area contributed by atoms with Crippen molar-refractivity contribution in [3.8, 4) is 11.3 Å². The van der Waals surface area contributed by atoms with E-state index in [-0.39, 0.29) is 0 Å². The molecule has 1 aromatic heterocycles. The first-order valence-electron chi connectivity index (χ1n) is 5.41. The number of nitrogens with zero attached hydrogens (tertiary/aromatic N) is 1. The Bertz CT molecular complexity index is 500. The van der Waals surface area contributed by atoms with Crippen LogP contribution in [0.2, 0.25) is 0 Å². The molecule has 2 rings (SSSR count). The summed E-state index contributed by atoms with van der Waals surface area (Å²) in [4.78, 5) is 4.63. The number of aryl methyl sites for hydroxylation is 1. The largest absolute Gasteiger partial charge is 0.389 e. The lowest BCUT2D eigenvalue weighted by molar-refractivity contribution is 0.853. The smallest absolute Gasteiger partial charge is 0.114 e. The molecule has 0 aliphatic rings. The molecule has 1 heterocycles. The zero-order valence-electron chi connectivity index (χ0n) is 9.82. The van der Waals surface area contributed by atoms with Crippen molar-refractivity contribution in [3.63, 3.8) is 0 Å². The van der Waals surface area contributed by atoms with E-state index < -0.39 is 0 Å². The van der Waals surface area contributed by atoms with Crippen LogP contribution < -0.4 is 5.73 Å². The molecule has 0 unspecified atom stereocenters. The first-order chi connectivity index (χ1) is 7.59. The summed E-state index contributed by atoms with van der Waals surface area (Å²) in [6, 6.07) is 8.22. The van der Waals surface area contributed by atoms with Gasteiger partial charge in [-0.2, -0.15) is 0 Å². The van der Waals surface area contributed by atoms with Crippen LogP contribution in [0.25, 0.3) is 11.3 Å². The van der Waals surface area contributed by atoms with Crippen molar-refractivity contribution in [2.75, 3.05) is 5.73 Å². The van der Waals surface area contributed by atoms with Crippen LogP contribution in [0.3, 0.4) is 0 Å². The minimum Gasteiger partial charge on any atom is -0.389 e. The van der Waals surface area contributed by atoms with Crippen molar-refractivity contribution < 1.29 is 0 Å². The summed E-state index contributed by atoms with van der Waals surface area (Å²) < 4.78 is 0. The van der Waals surface area contributed by atoms with Crippen LogP contribution in [0.5, 0.6) is 0 Å². The summed E-state index contributed by atoms with van der Waals surface area (Å²) in [5.74, 6) is 0.435. The van der Waals surface area contributed by atoms with Gasteiger partial charge in [0.05, 0.1) is 5.01 Å². The van der Waals surface area contributed by atoms with E-state index in [2.05, 4.69) is 37.9 Å². The molecule has 0 aliphatic carbocycles.